The molecule has 0 atom stereocenters. The van der Waals surface area contributed by atoms with Crippen molar-refractivity contribution in [1.82, 2.24) is 14.9 Å². The van der Waals surface area contributed by atoms with Gasteiger partial charge >= 0.3 is 0 Å². The highest BCUT2D eigenvalue weighted by Gasteiger charge is 2.44. The number of rotatable bonds is 2. The van der Waals surface area contributed by atoms with E-state index in [4.69, 9.17) is 10.7 Å². The molecule has 4 rings (SSSR count). The second-order valence-corrected chi connectivity index (χ2v) is 6.97. The molecule has 6 heteroatoms. The molecule has 1 aliphatic heterocycles. The number of aromatic nitrogens is 2. The van der Waals surface area contributed by atoms with Crippen molar-refractivity contribution in [3.8, 4) is 11.4 Å². The Labute approximate surface area is 146 Å². The van der Waals surface area contributed by atoms with Crippen molar-refractivity contribution in [2.24, 2.45) is 5.73 Å². The third-order valence-electron chi connectivity index (χ3n) is 5.67. The average molecular weight is 338 g/mol. The Balaban J connectivity index is 1.70. The van der Waals surface area contributed by atoms with Crippen molar-refractivity contribution in [2.45, 2.75) is 31.1 Å². The number of benzene rings is 1. The Kier molecular flexibility index (Phi) is 3.92. The van der Waals surface area contributed by atoms with Gasteiger partial charge in [-0.3, -0.25) is 9.59 Å². The first-order chi connectivity index (χ1) is 12.1. The second-order valence-electron chi connectivity index (χ2n) is 6.97. The quantitative estimate of drug-likeness (QED) is 0.861. The number of likely N-dealkylation sites (tertiary alicyclic amines) is 1. The Bertz CT molecular complexity index is 851. The van der Waals surface area contributed by atoms with Gasteiger partial charge in [0.15, 0.2) is 0 Å². The van der Waals surface area contributed by atoms with Crippen LogP contribution < -0.4 is 11.3 Å². The molecule has 6 nitrogen and oxygen atoms in total. The lowest BCUT2D eigenvalue weighted by Crippen LogP contribution is -2.46. The van der Waals surface area contributed by atoms with Crippen LogP contribution in [-0.2, 0) is 16.6 Å². The molecule has 1 amide bonds. The molecular formula is C19H22N4O2. The number of nitrogens with one attached hydrogen (secondary N) is 1. The summed E-state index contributed by atoms with van der Waals surface area (Å²) in [7, 11) is 0. The van der Waals surface area contributed by atoms with Crippen LogP contribution in [0.1, 0.15) is 30.5 Å². The number of H-pyrrole nitrogens is 1. The summed E-state index contributed by atoms with van der Waals surface area (Å²) in [5, 5.41) is 0. The number of hydrogen-bond donors (Lipinski definition) is 2. The highest BCUT2D eigenvalue weighted by atomic mass is 16.2. The van der Waals surface area contributed by atoms with E-state index in [9.17, 15) is 9.59 Å². The van der Waals surface area contributed by atoms with Crippen molar-refractivity contribution >= 4 is 5.91 Å². The molecule has 0 radical (unpaired) electrons. The van der Waals surface area contributed by atoms with Gasteiger partial charge in [0.1, 0.15) is 5.82 Å². The number of piperidine rings is 1. The van der Waals surface area contributed by atoms with E-state index in [0.29, 0.717) is 18.9 Å². The summed E-state index contributed by atoms with van der Waals surface area (Å²) in [6.07, 6.45) is 3.38. The predicted molar refractivity (Wildman–Crippen MR) is 95.2 cm³/mol. The zero-order chi connectivity index (χ0) is 17.4. The molecule has 0 unspecified atom stereocenters. The minimum atomic E-state index is -0.0848. The van der Waals surface area contributed by atoms with E-state index in [1.807, 2.05) is 35.2 Å². The summed E-state index contributed by atoms with van der Waals surface area (Å²) in [6, 6.07) is 9.73. The minimum Gasteiger partial charge on any atom is -0.342 e. The molecular weight excluding hydrogens is 316 g/mol. The first kappa shape index (κ1) is 16.0. The molecule has 2 aromatic rings. The summed E-state index contributed by atoms with van der Waals surface area (Å²) in [5.41, 5.74) is 8.04. The summed E-state index contributed by atoms with van der Waals surface area (Å²) in [4.78, 5) is 34.0. The maximum Gasteiger partial charge on any atom is 0.254 e. The lowest BCUT2D eigenvalue weighted by molar-refractivity contribution is -0.131. The van der Waals surface area contributed by atoms with Crippen LogP contribution in [0.2, 0.25) is 0 Å². The van der Waals surface area contributed by atoms with Gasteiger partial charge in [-0.2, -0.15) is 0 Å². The van der Waals surface area contributed by atoms with Crippen LogP contribution in [-0.4, -0.2) is 40.4 Å². The molecule has 1 aliphatic carbocycles. The molecule has 2 aliphatic rings. The van der Waals surface area contributed by atoms with Crippen LogP contribution in [0.25, 0.3) is 11.4 Å². The predicted octanol–water partition coefficient (Wildman–Crippen LogP) is 1.20. The number of hydrogen-bond acceptors (Lipinski definition) is 4. The zero-order valence-corrected chi connectivity index (χ0v) is 14.1. The Morgan fingerprint density at radius 2 is 1.92 bits per heavy atom. The summed E-state index contributed by atoms with van der Waals surface area (Å²) < 4.78 is 0. The van der Waals surface area contributed by atoms with Gasteiger partial charge in [0, 0.05) is 29.6 Å². The number of fused-ring (bicyclic) bond motifs is 2. The van der Waals surface area contributed by atoms with Crippen LogP contribution in [0.4, 0.5) is 0 Å². The number of carbonyl (C=O) groups excluding carboxylic acids is 1. The molecule has 2 heterocycles. The van der Waals surface area contributed by atoms with Crippen LogP contribution in [0, 0.1) is 0 Å². The Hall–Kier alpha value is -2.47. The molecule has 1 spiro atoms. The normalized spacial score (nSPS) is 18.4. The van der Waals surface area contributed by atoms with E-state index in [-0.39, 0.29) is 23.4 Å². The first-order valence-corrected chi connectivity index (χ1v) is 8.80. The second kappa shape index (κ2) is 6.11. The molecule has 1 aromatic carbocycles. The van der Waals surface area contributed by atoms with Gasteiger partial charge in [0.05, 0.1) is 12.2 Å². The average Bonchev–Trinajstić information content (AvgIpc) is 3.01. The highest BCUT2D eigenvalue weighted by molar-refractivity contribution is 5.78. The number of carbonyl (C=O) groups is 1. The molecule has 1 saturated heterocycles. The summed E-state index contributed by atoms with van der Waals surface area (Å²) in [6.45, 7) is 1.43. The highest BCUT2D eigenvalue weighted by Crippen LogP contribution is 2.44. The molecule has 130 valence electrons. The fraction of sp³-hybridized carbons (Fsp3) is 0.421. The molecule has 1 fully saturated rings. The molecule has 1 aromatic heterocycles. The van der Waals surface area contributed by atoms with Crippen LogP contribution in [0.15, 0.2) is 35.1 Å². The maximum atomic E-state index is 12.6. The fourth-order valence-corrected chi connectivity index (χ4v) is 4.18. The van der Waals surface area contributed by atoms with E-state index in [2.05, 4.69) is 4.98 Å². The van der Waals surface area contributed by atoms with E-state index < -0.39 is 0 Å². The smallest absolute Gasteiger partial charge is 0.254 e. The largest absolute Gasteiger partial charge is 0.342 e. The Morgan fingerprint density at radius 1 is 1.20 bits per heavy atom. The van der Waals surface area contributed by atoms with Gasteiger partial charge in [0.25, 0.3) is 5.56 Å². The van der Waals surface area contributed by atoms with Crippen LogP contribution in [0.3, 0.4) is 0 Å². The maximum absolute atomic E-state index is 12.6. The van der Waals surface area contributed by atoms with Gasteiger partial charge < -0.3 is 15.6 Å². The van der Waals surface area contributed by atoms with Crippen molar-refractivity contribution < 1.29 is 4.79 Å². The van der Waals surface area contributed by atoms with E-state index in [1.54, 1.807) is 0 Å². The summed E-state index contributed by atoms with van der Waals surface area (Å²) in [5.74, 6) is 0.628. The van der Waals surface area contributed by atoms with E-state index in [0.717, 1.165) is 42.5 Å². The van der Waals surface area contributed by atoms with Crippen molar-refractivity contribution in [3.05, 3.63) is 51.9 Å². The lowest BCUT2D eigenvalue weighted by Gasteiger charge is -2.39. The van der Waals surface area contributed by atoms with E-state index in [1.165, 1.54) is 0 Å². The molecule has 0 saturated carbocycles. The lowest BCUT2D eigenvalue weighted by atomic mass is 9.76. The zero-order valence-electron chi connectivity index (χ0n) is 14.1. The fourth-order valence-electron chi connectivity index (χ4n) is 4.18. The van der Waals surface area contributed by atoms with Crippen LogP contribution >= 0.6 is 0 Å². The third kappa shape index (κ3) is 2.66. The van der Waals surface area contributed by atoms with Gasteiger partial charge in [0.2, 0.25) is 5.91 Å². The summed E-state index contributed by atoms with van der Waals surface area (Å²) >= 11 is 0. The third-order valence-corrected chi connectivity index (χ3v) is 5.67. The Morgan fingerprint density at radius 3 is 2.60 bits per heavy atom. The SMILES string of the molecule is NCC(=O)N1CCC2(CCc3c2nc(-c2ccccc2)[nH]c3=O)CC1. The van der Waals surface area contributed by atoms with Crippen molar-refractivity contribution in [2.75, 3.05) is 19.6 Å². The molecule has 25 heavy (non-hydrogen) atoms. The monoisotopic (exact) mass is 338 g/mol. The number of nitrogens with two attached hydrogens (primary N) is 1. The van der Waals surface area contributed by atoms with Gasteiger partial charge in [-0.15, -0.1) is 0 Å². The first-order valence-electron chi connectivity index (χ1n) is 8.80. The molecule has 3 N–H and O–H groups in total. The van der Waals surface area contributed by atoms with Gasteiger partial charge in [-0.1, -0.05) is 30.3 Å². The minimum absolute atomic E-state index is 0.00286. The topological polar surface area (TPSA) is 92.1 Å². The van der Waals surface area contributed by atoms with Crippen molar-refractivity contribution in [3.63, 3.8) is 0 Å². The van der Waals surface area contributed by atoms with Crippen LogP contribution in [0.5, 0.6) is 0 Å². The number of nitrogens with zero attached hydrogens (tertiary/aromatic N) is 2. The standard InChI is InChI=1S/C19H22N4O2/c20-12-15(24)23-10-8-19(9-11-23)7-6-14-16(19)21-17(22-18(14)25)13-4-2-1-3-5-13/h1-5H,6-12,20H2,(H,21,22,25). The van der Waals surface area contributed by atoms with Gasteiger partial charge in [-0.25, -0.2) is 4.98 Å². The number of amides is 1. The number of aromatic amines is 1. The van der Waals surface area contributed by atoms with E-state index >= 15 is 0 Å². The van der Waals surface area contributed by atoms with Gasteiger partial charge in [-0.05, 0) is 25.7 Å². The van der Waals surface area contributed by atoms with Crippen molar-refractivity contribution in [1.29, 1.82) is 0 Å². The molecule has 0 bridgehead atoms.